The molecule has 2 heterocycles. The van der Waals surface area contributed by atoms with Crippen molar-refractivity contribution in [2.45, 2.75) is 97.2 Å². The quantitative estimate of drug-likeness (QED) is 0.639. The van der Waals surface area contributed by atoms with E-state index in [0.29, 0.717) is 12.5 Å². The monoisotopic (exact) mass is 410 g/mol. The highest BCUT2D eigenvalue weighted by Crippen LogP contribution is 2.38. The van der Waals surface area contributed by atoms with Gasteiger partial charge < -0.3 is 18.5 Å². The average molecular weight is 410 g/mol. The summed E-state index contributed by atoms with van der Waals surface area (Å²) in [6, 6.07) is 0. The van der Waals surface area contributed by atoms with E-state index in [1.807, 2.05) is 40.9 Å². The number of nitrogens with zero attached hydrogens (tertiary/aromatic N) is 2. The van der Waals surface area contributed by atoms with Gasteiger partial charge in [0.25, 0.3) is 0 Å². The SMILES string of the molecule is CC(CCOc1nn(C)cc1B1OC(C)(C)C(C)(C)O1)O[Si](C)(C)C(C)(C)C. The Morgan fingerprint density at radius 1 is 1.18 bits per heavy atom. The van der Waals surface area contributed by atoms with Crippen LogP contribution < -0.4 is 10.2 Å². The van der Waals surface area contributed by atoms with Crippen molar-refractivity contribution < 1.29 is 18.5 Å². The number of ether oxygens (including phenoxy) is 1. The van der Waals surface area contributed by atoms with Crippen molar-refractivity contribution in [1.82, 2.24) is 9.78 Å². The smallest absolute Gasteiger partial charge is 0.477 e. The van der Waals surface area contributed by atoms with Gasteiger partial charge in [-0.3, -0.25) is 4.68 Å². The molecule has 0 aromatic carbocycles. The summed E-state index contributed by atoms with van der Waals surface area (Å²) in [4.78, 5) is 0. The van der Waals surface area contributed by atoms with Crippen molar-refractivity contribution >= 4 is 20.9 Å². The molecule has 1 aromatic rings. The third-order valence-corrected chi connectivity index (χ3v) is 11.0. The minimum atomic E-state index is -1.77. The molecule has 6 nitrogen and oxygen atoms in total. The van der Waals surface area contributed by atoms with Crippen LogP contribution in [0.5, 0.6) is 5.88 Å². The topological polar surface area (TPSA) is 54.7 Å². The molecule has 160 valence electrons. The maximum atomic E-state index is 6.41. The molecular formula is C20H39BN2O4Si. The van der Waals surface area contributed by atoms with Crippen LogP contribution in [0.15, 0.2) is 6.20 Å². The van der Waals surface area contributed by atoms with Gasteiger partial charge in [-0.25, -0.2) is 0 Å². The van der Waals surface area contributed by atoms with E-state index < -0.39 is 26.6 Å². The first-order valence-corrected chi connectivity index (χ1v) is 13.2. The molecule has 1 aromatic heterocycles. The van der Waals surface area contributed by atoms with Crippen LogP contribution in [0.4, 0.5) is 0 Å². The molecule has 0 amide bonds. The molecule has 0 saturated carbocycles. The number of rotatable bonds is 7. The maximum absolute atomic E-state index is 6.41. The highest BCUT2D eigenvalue weighted by atomic mass is 28.4. The second-order valence-electron chi connectivity index (χ2n) is 10.5. The number of hydrogen-bond acceptors (Lipinski definition) is 5. The van der Waals surface area contributed by atoms with Gasteiger partial charge >= 0.3 is 7.12 Å². The summed E-state index contributed by atoms with van der Waals surface area (Å²) in [6.07, 6.45) is 2.86. The summed E-state index contributed by atoms with van der Waals surface area (Å²) in [7, 11) is -0.370. The van der Waals surface area contributed by atoms with Crippen molar-refractivity contribution in [2.75, 3.05) is 6.61 Å². The molecule has 0 aliphatic carbocycles. The van der Waals surface area contributed by atoms with Gasteiger partial charge in [0.05, 0.1) is 23.3 Å². The zero-order chi connectivity index (χ0) is 21.5. The van der Waals surface area contributed by atoms with Crippen LogP contribution in [-0.4, -0.2) is 49.1 Å². The predicted octanol–water partition coefficient (Wildman–Crippen LogP) is 3.90. The van der Waals surface area contributed by atoms with Gasteiger partial charge in [-0.1, -0.05) is 20.8 Å². The molecular weight excluding hydrogens is 371 g/mol. The fourth-order valence-electron chi connectivity index (χ4n) is 2.79. The van der Waals surface area contributed by atoms with E-state index in [9.17, 15) is 0 Å². The fraction of sp³-hybridized carbons (Fsp3) is 0.850. The van der Waals surface area contributed by atoms with E-state index in [0.717, 1.165) is 11.9 Å². The highest BCUT2D eigenvalue weighted by molar-refractivity contribution is 6.74. The highest BCUT2D eigenvalue weighted by Gasteiger charge is 2.53. The van der Waals surface area contributed by atoms with Crippen molar-refractivity contribution in [2.24, 2.45) is 7.05 Å². The number of aromatic nitrogens is 2. The molecule has 1 unspecified atom stereocenters. The van der Waals surface area contributed by atoms with Crippen LogP contribution in [0.2, 0.25) is 18.1 Å². The van der Waals surface area contributed by atoms with E-state index in [1.54, 1.807) is 4.68 Å². The van der Waals surface area contributed by atoms with E-state index in [1.165, 1.54) is 0 Å². The zero-order valence-electron chi connectivity index (χ0n) is 19.7. The minimum absolute atomic E-state index is 0.143. The van der Waals surface area contributed by atoms with Crippen LogP contribution in [0, 0.1) is 0 Å². The van der Waals surface area contributed by atoms with E-state index >= 15 is 0 Å². The average Bonchev–Trinajstić information content (AvgIpc) is 2.94. The van der Waals surface area contributed by atoms with Gasteiger partial charge in [0.15, 0.2) is 8.32 Å². The van der Waals surface area contributed by atoms with E-state index in [-0.39, 0.29) is 11.1 Å². The normalized spacial score (nSPS) is 20.5. The van der Waals surface area contributed by atoms with Gasteiger partial charge in [0.1, 0.15) is 0 Å². The van der Waals surface area contributed by atoms with Crippen LogP contribution in [0.3, 0.4) is 0 Å². The van der Waals surface area contributed by atoms with Gasteiger partial charge in [-0.15, -0.1) is 5.10 Å². The Kier molecular flexibility index (Phi) is 6.51. The minimum Gasteiger partial charge on any atom is -0.477 e. The lowest BCUT2D eigenvalue weighted by Crippen LogP contribution is -2.43. The van der Waals surface area contributed by atoms with Crippen molar-refractivity contribution in [1.29, 1.82) is 0 Å². The molecule has 28 heavy (non-hydrogen) atoms. The lowest BCUT2D eigenvalue weighted by Gasteiger charge is -2.38. The first-order chi connectivity index (χ1) is 12.6. The molecule has 1 fully saturated rings. The number of aryl methyl sites for hydroxylation is 1. The summed E-state index contributed by atoms with van der Waals surface area (Å²) in [5, 5.41) is 4.67. The summed E-state index contributed by atoms with van der Waals surface area (Å²) >= 11 is 0. The summed E-state index contributed by atoms with van der Waals surface area (Å²) in [5.74, 6) is 0.570. The summed E-state index contributed by atoms with van der Waals surface area (Å²) in [5.41, 5.74) is 0.0474. The van der Waals surface area contributed by atoms with Crippen molar-refractivity contribution in [3.63, 3.8) is 0 Å². The summed E-state index contributed by atoms with van der Waals surface area (Å²) in [6.45, 7) is 22.2. The molecule has 1 atom stereocenters. The van der Waals surface area contributed by atoms with Gasteiger partial charge in [-0.05, 0) is 52.8 Å². The Morgan fingerprint density at radius 2 is 1.71 bits per heavy atom. The molecule has 0 spiro atoms. The molecule has 8 heteroatoms. The predicted molar refractivity (Wildman–Crippen MR) is 117 cm³/mol. The molecule has 1 aliphatic heterocycles. The molecule has 0 radical (unpaired) electrons. The Morgan fingerprint density at radius 3 is 2.21 bits per heavy atom. The van der Waals surface area contributed by atoms with Crippen molar-refractivity contribution in [3.05, 3.63) is 6.20 Å². The van der Waals surface area contributed by atoms with Crippen LogP contribution in [-0.2, 0) is 20.8 Å². The Labute approximate surface area is 172 Å². The van der Waals surface area contributed by atoms with Gasteiger partial charge in [0, 0.05) is 25.8 Å². The third-order valence-electron chi connectivity index (χ3n) is 6.39. The van der Waals surface area contributed by atoms with Crippen LogP contribution in [0.25, 0.3) is 0 Å². The first-order valence-electron chi connectivity index (χ1n) is 10.3. The summed E-state index contributed by atoms with van der Waals surface area (Å²) < 4.78 is 26.5. The molecule has 2 rings (SSSR count). The lowest BCUT2D eigenvalue weighted by atomic mass is 9.81. The molecule has 1 saturated heterocycles. The Bertz CT molecular complexity index is 666. The molecule has 0 bridgehead atoms. The Balaban J connectivity index is 1.98. The fourth-order valence-corrected chi connectivity index (χ4v) is 4.27. The zero-order valence-corrected chi connectivity index (χ0v) is 20.7. The second-order valence-corrected chi connectivity index (χ2v) is 15.2. The number of hydrogen-bond donors (Lipinski definition) is 0. The second kappa shape index (κ2) is 7.78. The van der Waals surface area contributed by atoms with E-state index in [4.69, 9.17) is 18.5 Å². The molecule has 1 aliphatic rings. The lowest BCUT2D eigenvalue weighted by molar-refractivity contribution is 0.00578. The third kappa shape index (κ3) is 5.01. The largest absolute Gasteiger partial charge is 0.502 e. The molecule has 0 N–H and O–H groups in total. The van der Waals surface area contributed by atoms with Crippen molar-refractivity contribution in [3.8, 4) is 5.88 Å². The standard InChI is InChI=1S/C20H39BN2O4Si/c1-15(25-28(10,11)18(2,3)4)12-13-24-17-16(14-23(9)22-17)21-26-19(5,6)20(7,8)27-21/h14-15H,12-13H2,1-11H3. The van der Waals surface area contributed by atoms with Gasteiger partial charge in [0.2, 0.25) is 5.88 Å². The van der Waals surface area contributed by atoms with Crippen LogP contribution >= 0.6 is 0 Å². The Hall–Kier alpha value is -0.828. The van der Waals surface area contributed by atoms with E-state index in [2.05, 4.69) is 45.9 Å². The van der Waals surface area contributed by atoms with Crippen LogP contribution in [0.1, 0.15) is 61.8 Å². The van der Waals surface area contributed by atoms with Gasteiger partial charge in [-0.2, -0.15) is 0 Å². The maximum Gasteiger partial charge on any atom is 0.502 e. The first kappa shape index (κ1) is 23.5.